The highest BCUT2D eigenvalue weighted by molar-refractivity contribution is 7.09. The first kappa shape index (κ1) is 21.5. The van der Waals surface area contributed by atoms with Gasteiger partial charge in [0.2, 0.25) is 6.79 Å². The number of thiazole rings is 1. The number of nitrogens with zero attached hydrogens (tertiary/aromatic N) is 2. The summed E-state index contributed by atoms with van der Waals surface area (Å²) in [6.45, 7) is 2.64. The summed E-state index contributed by atoms with van der Waals surface area (Å²) < 4.78 is 17.2. The normalized spacial score (nSPS) is 13.5. The van der Waals surface area contributed by atoms with Gasteiger partial charge in [0.15, 0.2) is 11.5 Å². The number of unbranched alkanes of at least 4 members (excludes halogenated alkanes) is 4. The van der Waals surface area contributed by atoms with Crippen molar-refractivity contribution in [1.82, 2.24) is 9.97 Å². The van der Waals surface area contributed by atoms with Crippen molar-refractivity contribution >= 4 is 33.7 Å². The lowest BCUT2D eigenvalue weighted by Crippen LogP contribution is -2.30. The van der Waals surface area contributed by atoms with Crippen molar-refractivity contribution in [2.45, 2.75) is 58.2 Å². The number of amides is 1. The Morgan fingerprint density at radius 3 is 3.00 bits per heavy atom. The predicted octanol–water partition coefficient (Wildman–Crippen LogP) is 5.30. The van der Waals surface area contributed by atoms with Crippen molar-refractivity contribution in [2.75, 3.05) is 12.1 Å². The molecule has 7 nitrogen and oxygen atoms in total. The van der Waals surface area contributed by atoms with E-state index in [0.29, 0.717) is 30.2 Å². The average Bonchev–Trinajstić information content (AvgIpc) is 3.47. The van der Waals surface area contributed by atoms with E-state index in [-0.39, 0.29) is 12.7 Å². The van der Waals surface area contributed by atoms with Gasteiger partial charge in [-0.1, -0.05) is 39.0 Å². The number of benzene rings is 1. The molecule has 1 aliphatic rings. The highest BCUT2D eigenvalue weighted by Crippen LogP contribution is 2.44. The number of nitrogens with one attached hydrogen (secondary N) is 1. The molecule has 4 rings (SSSR count). The van der Waals surface area contributed by atoms with E-state index < -0.39 is 6.10 Å². The summed E-state index contributed by atoms with van der Waals surface area (Å²) in [5.41, 5.74) is 0.603. The van der Waals surface area contributed by atoms with Crippen LogP contribution in [0.2, 0.25) is 0 Å². The molecule has 31 heavy (non-hydrogen) atoms. The Bertz CT molecular complexity index is 1010. The third-order valence-electron chi connectivity index (χ3n) is 5.28. The molecule has 0 aliphatic carbocycles. The van der Waals surface area contributed by atoms with Crippen LogP contribution in [-0.4, -0.2) is 28.8 Å². The van der Waals surface area contributed by atoms with Crippen LogP contribution in [0, 0.1) is 0 Å². The second-order valence-corrected chi connectivity index (χ2v) is 8.48. The predicted molar refractivity (Wildman–Crippen MR) is 121 cm³/mol. The summed E-state index contributed by atoms with van der Waals surface area (Å²) >= 11 is 1.52. The Morgan fingerprint density at radius 1 is 1.26 bits per heavy atom. The number of fused-ring (bicyclic) bond motifs is 2. The third kappa shape index (κ3) is 5.32. The third-order valence-corrected chi connectivity index (χ3v) is 6.03. The van der Waals surface area contributed by atoms with E-state index in [4.69, 9.17) is 14.2 Å². The molecule has 1 aliphatic heterocycles. The number of hydrogen-bond acceptors (Lipinski definition) is 7. The van der Waals surface area contributed by atoms with Gasteiger partial charge in [0, 0.05) is 34.7 Å². The number of hydrogen-bond donors (Lipinski definition) is 1. The quantitative estimate of drug-likeness (QED) is 0.406. The van der Waals surface area contributed by atoms with Gasteiger partial charge in [-0.3, -0.25) is 9.78 Å². The zero-order valence-electron chi connectivity index (χ0n) is 17.6. The molecule has 3 aromatic rings. The summed E-state index contributed by atoms with van der Waals surface area (Å²) in [5, 5.41) is 7.55. The van der Waals surface area contributed by atoms with Gasteiger partial charge in [-0.2, -0.15) is 0 Å². The van der Waals surface area contributed by atoms with Crippen molar-refractivity contribution in [3.05, 3.63) is 41.1 Å². The first-order chi connectivity index (χ1) is 15.3. The van der Waals surface area contributed by atoms with Crippen molar-refractivity contribution in [3.63, 3.8) is 0 Å². The molecule has 3 heterocycles. The number of anilines is 1. The molecule has 0 saturated carbocycles. The molecular weight excluding hydrogens is 414 g/mol. The topological polar surface area (TPSA) is 82.6 Å². The number of carbonyl (C=O) groups excluding carboxylic acids is 1. The maximum absolute atomic E-state index is 13.3. The fourth-order valence-corrected chi connectivity index (χ4v) is 4.19. The van der Waals surface area contributed by atoms with Gasteiger partial charge < -0.3 is 19.5 Å². The largest absolute Gasteiger partial charge is 0.453 e. The van der Waals surface area contributed by atoms with Gasteiger partial charge in [0.05, 0.1) is 12.3 Å². The van der Waals surface area contributed by atoms with E-state index >= 15 is 0 Å². The van der Waals surface area contributed by atoms with E-state index in [2.05, 4.69) is 22.2 Å². The van der Waals surface area contributed by atoms with Crippen LogP contribution in [-0.2, 0) is 16.1 Å². The minimum atomic E-state index is -0.569. The maximum Gasteiger partial charge on any atom is 0.253 e. The Balaban J connectivity index is 1.51. The van der Waals surface area contributed by atoms with Gasteiger partial charge in [-0.25, -0.2) is 4.98 Å². The number of pyridine rings is 1. The van der Waals surface area contributed by atoms with Crippen molar-refractivity contribution in [2.24, 2.45) is 0 Å². The minimum absolute atomic E-state index is 0.128. The van der Waals surface area contributed by atoms with Crippen LogP contribution in [0.1, 0.15) is 50.5 Å². The van der Waals surface area contributed by atoms with Gasteiger partial charge in [0.25, 0.3) is 5.91 Å². The maximum atomic E-state index is 13.3. The first-order valence-corrected chi connectivity index (χ1v) is 11.6. The lowest BCUT2D eigenvalue weighted by atomic mass is 10.1. The van der Waals surface area contributed by atoms with Crippen LogP contribution < -0.4 is 14.8 Å². The Kier molecular flexibility index (Phi) is 7.32. The average molecular weight is 442 g/mol. The summed E-state index contributed by atoms with van der Waals surface area (Å²) in [5.74, 6) is 0.971. The molecule has 164 valence electrons. The molecular formula is C23H27N3O4S. The van der Waals surface area contributed by atoms with Crippen molar-refractivity contribution in [1.29, 1.82) is 0 Å². The molecule has 2 aromatic heterocycles. The minimum Gasteiger partial charge on any atom is -0.453 e. The zero-order chi connectivity index (χ0) is 21.5. The lowest BCUT2D eigenvalue weighted by Gasteiger charge is -2.19. The molecule has 1 N–H and O–H groups in total. The summed E-state index contributed by atoms with van der Waals surface area (Å²) in [4.78, 5) is 21.7. The number of ether oxygens (including phenoxy) is 3. The van der Waals surface area contributed by atoms with Crippen molar-refractivity contribution < 1.29 is 19.0 Å². The highest BCUT2D eigenvalue weighted by Gasteiger charge is 2.26. The highest BCUT2D eigenvalue weighted by atomic mass is 32.1. The standard InChI is InChI=1S/C23H27N3O4S/c1-2-3-4-5-6-7-18(28-14-20-25-10-11-31-20)23(27)26-21-17-8-9-24-13-16(17)12-19-22(21)30-15-29-19/h8-13,18H,2-7,14-15H2,1H3,(H,26,27). The molecule has 8 heteroatoms. The molecule has 1 aromatic carbocycles. The first-order valence-electron chi connectivity index (χ1n) is 10.7. The Hall–Kier alpha value is -2.71. The van der Waals surface area contributed by atoms with Crippen LogP contribution in [0.4, 0.5) is 5.69 Å². The summed E-state index contributed by atoms with van der Waals surface area (Å²) in [6.07, 6.45) is 10.9. The Morgan fingerprint density at radius 2 is 2.16 bits per heavy atom. The molecule has 1 unspecified atom stereocenters. The fourth-order valence-electron chi connectivity index (χ4n) is 3.65. The second-order valence-electron chi connectivity index (χ2n) is 7.50. The molecule has 0 saturated heterocycles. The van der Waals surface area contributed by atoms with Crippen LogP contribution in [0.3, 0.4) is 0 Å². The van der Waals surface area contributed by atoms with E-state index in [9.17, 15) is 4.79 Å². The van der Waals surface area contributed by atoms with Crippen molar-refractivity contribution in [3.8, 4) is 11.5 Å². The molecule has 0 fully saturated rings. The summed E-state index contributed by atoms with van der Waals surface area (Å²) in [6, 6.07) is 3.74. The van der Waals surface area contributed by atoms with E-state index in [0.717, 1.165) is 28.6 Å². The second kappa shape index (κ2) is 10.5. The smallest absolute Gasteiger partial charge is 0.253 e. The number of aromatic nitrogens is 2. The zero-order valence-corrected chi connectivity index (χ0v) is 18.5. The van der Waals surface area contributed by atoms with Gasteiger partial charge in [-0.05, 0) is 18.6 Å². The van der Waals surface area contributed by atoms with E-state index in [1.807, 2.05) is 17.5 Å². The fraction of sp³-hybridized carbons (Fsp3) is 0.435. The monoisotopic (exact) mass is 441 g/mol. The SMILES string of the molecule is CCCCCCCC(OCc1nccs1)C(=O)Nc1c2c(cc3cnccc13)OCO2. The molecule has 0 radical (unpaired) electrons. The van der Waals surface area contributed by atoms with Gasteiger partial charge >= 0.3 is 0 Å². The van der Waals surface area contributed by atoms with E-state index in [1.54, 1.807) is 18.6 Å². The summed E-state index contributed by atoms with van der Waals surface area (Å²) in [7, 11) is 0. The molecule has 1 atom stereocenters. The van der Waals surface area contributed by atoms with Gasteiger partial charge in [0.1, 0.15) is 11.1 Å². The van der Waals surface area contributed by atoms with Crippen LogP contribution >= 0.6 is 11.3 Å². The number of carbonyl (C=O) groups is 1. The van der Waals surface area contributed by atoms with Crippen LogP contribution in [0.15, 0.2) is 36.1 Å². The van der Waals surface area contributed by atoms with Crippen LogP contribution in [0.25, 0.3) is 10.8 Å². The Labute approximate surface area is 185 Å². The molecule has 0 spiro atoms. The number of rotatable bonds is 11. The van der Waals surface area contributed by atoms with Gasteiger partial charge in [-0.15, -0.1) is 11.3 Å². The van der Waals surface area contributed by atoms with E-state index in [1.165, 1.54) is 30.6 Å². The molecule has 0 bridgehead atoms. The lowest BCUT2D eigenvalue weighted by molar-refractivity contribution is -0.128. The molecule has 1 amide bonds. The van der Waals surface area contributed by atoms with Crippen LogP contribution in [0.5, 0.6) is 11.5 Å².